The fourth-order valence-corrected chi connectivity index (χ4v) is 0. The molecule has 0 fully saturated rings. The fraction of sp³-hybridized carbons (Fsp3) is 0. The molecular formula is H2CaO3P. The zero-order chi connectivity index (χ0) is 4.50. The van der Waals surface area contributed by atoms with Gasteiger partial charge in [-0.05, 0) is 0 Å². The van der Waals surface area contributed by atoms with Crippen molar-refractivity contribution in [2.75, 3.05) is 0 Å². The first-order chi connectivity index (χ1) is 2.00. The monoisotopic (exact) mass is 121 g/mol. The van der Waals surface area contributed by atoms with Crippen molar-refractivity contribution in [3.8, 4) is 0 Å². The molecule has 0 saturated carbocycles. The first-order valence-electron chi connectivity index (χ1n) is 0.899. The standard InChI is InChI=1S/Ca.HO3P/c;1-4(2)3/h;(H-,1,2,3)/q-1;/p+1. The summed E-state index contributed by atoms with van der Waals surface area (Å²) in [7, 11) is 0. The minimum absolute atomic E-state index is 0.0625. The molecule has 0 saturated heterocycles. The van der Waals surface area contributed by atoms with Gasteiger partial charge in [0.05, 0.1) is 0 Å². The van der Waals surface area contributed by atoms with Crippen LogP contribution in [0, 0.1) is 0 Å². The molecule has 5 heavy (non-hydrogen) atoms. The Balaban J connectivity index is 3.47. The van der Waals surface area contributed by atoms with Crippen molar-refractivity contribution in [2.24, 2.45) is 0 Å². The normalized spacial score (nSPS) is 11.4. The Morgan fingerprint density at radius 3 is 1.60 bits per heavy atom. The van der Waals surface area contributed by atoms with Crippen LogP contribution in [0.1, 0.15) is 0 Å². The van der Waals surface area contributed by atoms with Gasteiger partial charge in [-0.3, -0.25) is 0 Å². The summed E-state index contributed by atoms with van der Waals surface area (Å²) in [6.07, 6.45) is 0. The molecular weight excluding hydrogens is 119 g/mol. The van der Waals surface area contributed by atoms with Crippen LogP contribution >= 0.6 is 3.01 Å². The van der Waals surface area contributed by atoms with Gasteiger partial charge in [-0.2, -0.15) is 0 Å². The topological polar surface area (TPSA) is 57.5 Å². The van der Waals surface area contributed by atoms with Gasteiger partial charge >= 0.3 is 52.4 Å². The molecule has 0 aliphatic heterocycles. The van der Waals surface area contributed by atoms with Gasteiger partial charge in [-0.1, -0.05) is 0 Å². The fourth-order valence-electron chi connectivity index (χ4n) is 0. The van der Waals surface area contributed by atoms with Crippen molar-refractivity contribution in [1.82, 2.24) is 0 Å². The maximum absolute atomic E-state index is 9.38. The minimum atomic E-state index is -3.51. The molecule has 2 N–H and O–H groups in total. The van der Waals surface area contributed by atoms with Crippen LogP contribution in [0.25, 0.3) is 0 Å². The summed E-state index contributed by atoms with van der Waals surface area (Å²) >= 11 is 0.0625. The second kappa shape index (κ2) is 1.92. The molecule has 3 nitrogen and oxygen atoms in total. The van der Waals surface area contributed by atoms with E-state index in [0.29, 0.717) is 0 Å². The molecule has 0 aromatic carbocycles. The summed E-state index contributed by atoms with van der Waals surface area (Å²) in [5.74, 6) is 0. The van der Waals surface area contributed by atoms with Crippen LogP contribution in [0.3, 0.4) is 0 Å². The van der Waals surface area contributed by atoms with E-state index in [1.54, 1.807) is 0 Å². The van der Waals surface area contributed by atoms with Crippen molar-refractivity contribution < 1.29 is 14.4 Å². The molecule has 0 aromatic rings. The van der Waals surface area contributed by atoms with Crippen LogP contribution in [0.2, 0.25) is 0 Å². The van der Waals surface area contributed by atoms with Gasteiger partial charge in [0.15, 0.2) is 0 Å². The van der Waals surface area contributed by atoms with E-state index in [0.717, 1.165) is 0 Å². The Hall–Kier alpha value is 1.41. The third kappa shape index (κ3) is 31.6. The first-order valence-corrected chi connectivity index (χ1v) is 5.66. The van der Waals surface area contributed by atoms with Crippen LogP contribution in [-0.4, -0.2) is 44.8 Å². The molecule has 27 valence electrons. The average molecular weight is 121 g/mol. The maximum atomic E-state index is 9.38. The molecule has 0 rings (SSSR count). The molecule has 1 radical (unpaired) electrons. The molecule has 5 heteroatoms. The Morgan fingerprint density at radius 2 is 1.60 bits per heavy atom. The van der Waals surface area contributed by atoms with Crippen molar-refractivity contribution >= 4 is 38.1 Å². The molecule has 0 amide bonds. The zero-order valence-corrected chi connectivity index (χ0v) is 5.56. The summed E-state index contributed by atoms with van der Waals surface area (Å²) in [6.45, 7) is 0. The molecule has 0 unspecified atom stereocenters. The van der Waals surface area contributed by atoms with Crippen molar-refractivity contribution in [3.05, 3.63) is 0 Å². The van der Waals surface area contributed by atoms with E-state index in [4.69, 9.17) is 9.79 Å². The Morgan fingerprint density at radius 1 is 1.60 bits per heavy atom. The second-order valence-electron chi connectivity index (χ2n) is 0.665. The van der Waals surface area contributed by atoms with Crippen LogP contribution in [0.4, 0.5) is 0 Å². The SMILES string of the molecule is O=[P](O)(O)[Ca]. The van der Waals surface area contributed by atoms with E-state index in [1.807, 2.05) is 0 Å². The Kier molecular flexibility index (Phi) is 2.46. The van der Waals surface area contributed by atoms with Gasteiger partial charge in [-0.25, -0.2) is 0 Å². The summed E-state index contributed by atoms with van der Waals surface area (Å²) in [5, 5.41) is 0. The van der Waals surface area contributed by atoms with E-state index in [2.05, 4.69) is 0 Å². The molecule has 0 spiro atoms. The third-order valence-electron chi connectivity index (χ3n) is 0. The molecule has 0 heterocycles. The third-order valence-corrected chi connectivity index (χ3v) is 0. The second-order valence-corrected chi connectivity index (χ2v) is 5.85. The summed E-state index contributed by atoms with van der Waals surface area (Å²) in [6, 6.07) is 0. The summed E-state index contributed by atoms with van der Waals surface area (Å²) in [4.78, 5) is 15.4. The van der Waals surface area contributed by atoms with Crippen LogP contribution in [-0.2, 0) is 4.57 Å². The van der Waals surface area contributed by atoms with Crippen molar-refractivity contribution in [3.63, 3.8) is 0 Å². The quantitative estimate of drug-likeness (QED) is 0.327. The predicted molar refractivity (Wildman–Crippen MR) is 17.8 cm³/mol. The van der Waals surface area contributed by atoms with E-state index in [9.17, 15) is 4.57 Å². The van der Waals surface area contributed by atoms with Crippen LogP contribution in [0.5, 0.6) is 0 Å². The van der Waals surface area contributed by atoms with Gasteiger partial charge in [-0.15, -0.1) is 0 Å². The first kappa shape index (κ1) is 6.41. The van der Waals surface area contributed by atoms with Gasteiger partial charge in [0.25, 0.3) is 0 Å². The van der Waals surface area contributed by atoms with E-state index < -0.39 is 3.01 Å². The van der Waals surface area contributed by atoms with Gasteiger partial charge in [0.2, 0.25) is 0 Å². The number of rotatable bonds is 0. The van der Waals surface area contributed by atoms with Gasteiger partial charge in [0.1, 0.15) is 0 Å². The molecule has 0 aromatic heterocycles. The van der Waals surface area contributed by atoms with E-state index in [1.165, 1.54) is 0 Å². The van der Waals surface area contributed by atoms with Gasteiger partial charge in [0, 0.05) is 0 Å². The van der Waals surface area contributed by atoms with Crippen molar-refractivity contribution in [2.45, 2.75) is 0 Å². The predicted octanol–water partition coefficient (Wildman–Crippen LogP) is -0.752. The average Bonchev–Trinajstić information content (AvgIpc) is 0.722. The van der Waals surface area contributed by atoms with Gasteiger partial charge < -0.3 is 0 Å². The van der Waals surface area contributed by atoms with E-state index >= 15 is 0 Å². The van der Waals surface area contributed by atoms with Crippen LogP contribution < -0.4 is 0 Å². The molecule has 0 atom stereocenters. The zero-order valence-electron chi connectivity index (χ0n) is 2.46. The summed E-state index contributed by atoms with van der Waals surface area (Å²) in [5.41, 5.74) is 0. The Bertz CT molecular complexity index is 53.0. The molecule has 0 bridgehead atoms. The Labute approximate surface area is 52.0 Å². The number of hydrogen-bond acceptors (Lipinski definition) is 1. The van der Waals surface area contributed by atoms with Crippen molar-refractivity contribution in [1.29, 1.82) is 0 Å². The summed E-state index contributed by atoms with van der Waals surface area (Å²) < 4.78 is 5.87. The molecule has 0 aliphatic carbocycles. The number of hydrogen-bond donors (Lipinski definition) is 2. The molecule has 0 aliphatic rings. The van der Waals surface area contributed by atoms with E-state index in [-0.39, 0.29) is 35.1 Å². The van der Waals surface area contributed by atoms with Crippen LogP contribution in [0.15, 0.2) is 0 Å².